The van der Waals surface area contributed by atoms with Gasteiger partial charge in [-0.1, -0.05) is 35.9 Å². The number of rotatable bonds is 3. The van der Waals surface area contributed by atoms with Crippen LogP contribution in [-0.2, 0) is 0 Å². The van der Waals surface area contributed by atoms with Crippen LogP contribution in [0.25, 0.3) is 23.6 Å². The van der Waals surface area contributed by atoms with Crippen LogP contribution in [0, 0.1) is 5.82 Å². The van der Waals surface area contributed by atoms with Crippen molar-refractivity contribution in [1.29, 1.82) is 0 Å². The zero-order valence-electron chi connectivity index (χ0n) is 10.8. The standard InChI is InChI=1S/C16H10ClFN2O/c17-14-4-2-1-3-13(14)16-20-19-15(21-16)10-7-11-5-8-12(18)9-6-11/h1-10H/b10-7-. The van der Waals surface area contributed by atoms with E-state index in [1.807, 2.05) is 18.2 Å². The van der Waals surface area contributed by atoms with Crippen molar-refractivity contribution in [3.8, 4) is 11.5 Å². The lowest BCUT2D eigenvalue weighted by Crippen LogP contribution is -1.78. The van der Waals surface area contributed by atoms with Crippen LogP contribution in [0.2, 0.25) is 5.02 Å². The first-order valence-electron chi connectivity index (χ1n) is 6.24. The molecule has 0 saturated heterocycles. The maximum atomic E-state index is 12.8. The first kappa shape index (κ1) is 13.5. The minimum Gasteiger partial charge on any atom is -0.417 e. The lowest BCUT2D eigenvalue weighted by Gasteiger charge is -1.96. The molecule has 0 spiro atoms. The fourth-order valence-corrected chi connectivity index (χ4v) is 2.00. The van der Waals surface area contributed by atoms with Gasteiger partial charge in [-0.25, -0.2) is 4.39 Å². The molecule has 3 nitrogen and oxygen atoms in total. The largest absolute Gasteiger partial charge is 0.417 e. The average molecular weight is 301 g/mol. The molecule has 0 atom stereocenters. The molecule has 104 valence electrons. The molecule has 3 rings (SSSR count). The van der Waals surface area contributed by atoms with E-state index in [1.165, 1.54) is 12.1 Å². The van der Waals surface area contributed by atoms with Crippen molar-refractivity contribution in [2.45, 2.75) is 0 Å². The summed E-state index contributed by atoms with van der Waals surface area (Å²) in [6.45, 7) is 0. The minimum atomic E-state index is -0.272. The van der Waals surface area contributed by atoms with Gasteiger partial charge in [0.25, 0.3) is 0 Å². The lowest BCUT2D eigenvalue weighted by atomic mass is 10.2. The third-order valence-electron chi connectivity index (χ3n) is 2.83. The topological polar surface area (TPSA) is 38.9 Å². The predicted octanol–water partition coefficient (Wildman–Crippen LogP) is 4.70. The Morgan fingerprint density at radius 2 is 1.71 bits per heavy atom. The smallest absolute Gasteiger partial charge is 0.249 e. The van der Waals surface area contributed by atoms with Crippen molar-refractivity contribution in [2.75, 3.05) is 0 Å². The summed E-state index contributed by atoms with van der Waals surface area (Å²) in [4.78, 5) is 0. The molecule has 0 fully saturated rings. The van der Waals surface area contributed by atoms with Gasteiger partial charge in [0.15, 0.2) is 0 Å². The van der Waals surface area contributed by atoms with E-state index in [2.05, 4.69) is 10.2 Å². The number of hydrogen-bond donors (Lipinski definition) is 0. The highest BCUT2D eigenvalue weighted by atomic mass is 35.5. The van der Waals surface area contributed by atoms with E-state index in [1.54, 1.807) is 30.4 Å². The molecule has 21 heavy (non-hydrogen) atoms. The van der Waals surface area contributed by atoms with E-state index >= 15 is 0 Å². The van der Waals surface area contributed by atoms with Gasteiger partial charge in [-0.05, 0) is 35.9 Å². The van der Waals surface area contributed by atoms with Gasteiger partial charge in [-0.2, -0.15) is 0 Å². The zero-order chi connectivity index (χ0) is 14.7. The van der Waals surface area contributed by atoms with Gasteiger partial charge in [0.1, 0.15) is 5.82 Å². The van der Waals surface area contributed by atoms with Crippen molar-refractivity contribution in [1.82, 2.24) is 10.2 Å². The Hall–Kier alpha value is -2.46. The number of halogens is 2. The highest BCUT2D eigenvalue weighted by molar-refractivity contribution is 6.33. The maximum Gasteiger partial charge on any atom is 0.249 e. The summed E-state index contributed by atoms with van der Waals surface area (Å²) in [5.41, 5.74) is 1.53. The van der Waals surface area contributed by atoms with E-state index in [4.69, 9.17) is 16.0 Å². The Morgan fingerprint density at radius 1 is 0.952 bits per heavy atom. The summed E-state index contributed by atoms with van der Waals surface area (Å²) in [6.07, 6.45) is 3.43. The molecule has 0 aliphatic carbocycles. The lowest BCUT2D eigenvalue weighted by molar-refractivity contribution is 0.558. The van der Waals surface area contributed by atoms with E-state index in [9.17, 15) is 4.39 Å². The highest BCUT2D eigenvalue weighted by Gasteiger charge is 2.09. The molecular weight excluding hydrogens is 291 g/mol. The van der Waals surface area contributed by atoms with Crippen LogP contribution in [0.3, 0.4) is 0 Å². The van der Waals surface area contributed by atoms with E-state index in [0.717, 1.165) is 5.56 Å². The number of benzene rings is 2. The fourth-order valence-electron chi connectivity index (χ4n) is 1.79. The van der Waals surface area contributed by atoms with Crippen LogP contribution in [0.1, 0.15) is 11.5 Å². The number of nitrogens with zero attached hydrogens (tertiary/aromatic N) is 2. The molecule has 0 radical (unpaired) electrons. The van der Waals surface area contributed by atoms with Gasteiger partial charge in [-0.15, -0.1) is 10.2 Å². The Labute approximate surface area is 125 Å². The number of aromatic nitrogens is 2. The molecule has 0 bridgehead atoms. The molecule has 0 aliphatic heterocycles. The normalized spacial score (nSPS) is 11.1. The third kappa shape index (κ3) is 3.17. The van der Waals surface area contributed by atoms with Crippen LogP contribution >= 0.6 is 11.6 Å². The summed E-state index contributed by atoms with van der Waals surface area (Å²) >= 11 is 6.07. The van der Waals surface area contributed by atoms with Crippen molar-refractivity contribution in [3.63, 3.8) is 0 Å². The van der Waals surface area contributed by atoms with Crippen LogP contribution in [-0.4, -0.2) is 10.2 Å². The zero-order valence-corrected chi connectivity index (χ0v) is 11.6. The van der Waals surface area contributed by atoms with Crippen molar-refractivity contribution < 1.29 is 8.81 Å². The summed E-state index contributed by atoms with van der Waals surface area (Å²) < 4.78 is 18.3. The molecule has 3 aromatic rings. The molecule has 0 N–H and O–H groups in total. The molecular formula is C16H10ClFN2O. The second-order valence-electron chi connectivity index (χ2n) is 4.31. The SMILES string of the molecule is Fc1ccc(/C=C\c2nnc(-c3ccccc3Cl)o2)cc1. The number of hydrogen-bond acceptors (Lipinski definition) is 3. The van der Waals surface area contributed by atoms with Crippen molar-refractivity contribution >= 4 is 23.8 Å². The van der Waals surface area contributed by atoms with E-state index < -0.39 is 0 Å². The van der Waals surface area contributed by atoms with Crippen LogP contribution < -0.4 is 0 Å². The Balaban J connectivity index is 1.82. The summed E-state index contributed by atoms with van der Waals surface area (Å²) in [5.74, 6) is 0.444. The Bertz CT molecular complexity index is 781. The highest BCUT2D eigenvalue weighted by Crippen LogP contribution is 2.26. The summed E-state index contributed by atoms with van der Waals surface area (Å²) in [6, 6.07) is 13.4. The molecule has 0 aliphatic rings. The van der Waals surface area contributed by atoms with Crippen LogP contribution in [0.4, 0.5) is 4.39 Å². The van der Waals surface area contributed by atoms with Gasteiger partial charge < -0.3 is 4.42 Å². The summed E-state index contributed by atoms with van der Waals surface area (Å²) in [7, 11) is 0. The van der Waals surface area contributed by atoms with Gasteiger partial charge >= 0.3 is 0 Å². The van der Waals surface area contributed by atoms with Gasteiger partial charge in [-0.3, -0.25) is 0 Å². The van der Waals surface area contributed by atoms with Crippen LogP contribution in [0.15, 0.2) is 52.9 Å². The fraction of sp³-hybridized carbons (Fsp3) is 0. The van der Waals surface area contributed by atoms with Gasteiger partial charge in [0, 0.05) is 6.08 Å². The molecule has 2 aromatic carbocycles. The van der Waals surface area contributed by atoms with E-state index in [0.29, 0.717) is 22.4 Å². The van der Waals surface area contributed by atoms with Gasteiger partial charge in [0.2, 0.25) is 11.8 Å². The third-order valence-corrected chi connectivity index (χ3v) is 3.16. The molecule has 0 saturated carbocycles. The molecule has 0 unspecified atom stereocenters. The van der Waals surface area contributed by atoms with E-state index in [-0.39, 0.29) is 5.82 Å². The Morgan fingerprint density at radius 3 is 2.48 bits per heavy atom. The second-order valence-corrected chi connectivity index (χ2v) is 4.72. The molecule has 0 amide bonds. The predicted molar refractivity (Wildman–Crippen MR) is 80.1 cm³/mol. The minimum absolute atomic E-state index is 0.272. The molecule has 5 heteroatoms. The monoisotopic (exact) mass is 300 g/mol. The molecule has 1 aromatic heterocycles. The Kier molecular flexibility index (Phi) is 3.79. The quantitative estimate of drug-likeness (QED) is 0.704. The summed E-state index contributed by atoms with van der Waals surface area (Å²) in [5, 5.41) is 8.44. The van der Waals surface area contributed by atoms with Crippen molar-refractivity contribution in [3.05, 3.63) is 70.8 Å². The molecule has 1 heterocycles. The maximum absolute atomic E-state index is 12.8. The second kappa shape index (κ2) is 5.89. The van der Waals surface area contributed by atoms with Gasteiger partial charge in [0.05, 0.1) is 10.6 Å². The average Bonchev–Trinajstić information content (AvgIpc) is 2.96. The van der Waals surface area contributed by atoms with Crippen molar-refractivity contribution in [2.24, 2.45) is 0 Å². The first-order chi connectivity index (χ1) is 10.2. The van der Waals surface area contributed by atoms with Crippen LogP contribution in [0.5, 0.6) is 0 Å². The first-order valence-corrected chi connectivity index (χ1v) is 6.62.